The van der Waals surface area contributed by atoms with Crippen LogP contribution in [0.4, 0.5) is 23.0 Å². The molecule has 0 aliphatic carbocycles. The first kappa shape index (κ1) is 12.2. The van der Waals surface area contributed by atoms with Gasteiger partial charge in [0.15, 0.2) is 0 Å². The van der Waals surface area contributed by atoms with Crippen molar-refractivity contribution < 1.29 is 0 Å². The number of anilines is 4. The van der Waals surface area contributed by atoms with Gasteiger partial charge in [0, 0.05) is 38.6 Å². The van der Waals surface area contributed by atoms with Crippen molar-refractivity contribution in [2.24, 2.45) is 0 Å². The summed E-state index contributed by atoms with van der Waals surface area (Å²) in [4.78, 5) is 10.3. The molecule has 0 aliphatic rings. The molecule has 94 valence electrons. The number of hydrogen-bond donors (Lipinski definition) is 2. The second-order valence-corrected chi connectivity index (χ2v) is 4.10. The van der Waals surface area contributed by atoms with Crippen LogP contribution >= 0.6 is 0 Å². The third kappa shape index (κ3) is 2.88. The average molecular weight is 243 g/mol. The minimum Gasteiger partial charge on any atom is -0.378 e. The van der Waals surface area contributed by atoms with Crippen molar-refractivity contribution in [2.45, 2.75) is 0 Å². The lowest BCUT2D eigenvalue weighted by atomic mass is 10.2. The van der Waals surface area contributed by atoms with E-state index in [1.807, 2.05) is 39.3 Å². The Morgan fingerprint density at radius 1 is 1.00 bits per heavy atom. The van der Waals surface area contributed by atoms with Crippen molar-refractivity contribution in [3.63, 3.8) is 0 Å². The summed E-state index contributed by atoms with van der Waals surface area (Å²) in [5.74, 6) is 1.56. The summed E-state index contributed by atoms with van der Waals surface area (Å²) >= 11 is 0. The van der Waals surface area contributed by atoms with E-state index in [4.69, 9.17) is 0 Å². The minimum atomic E-state index is 0.770. The maximum absolute atomic E-state index is 4.17. The fraction of sp³-hybridized carbons (Fsp3) is 0.231. The zero-order valence-electron chi connectivity index (χ0n) is 10.8. The van der Waals surface area contributed by atoms with Gasteiger partial charge in [-0.1, -0.05) is 0 Å². The van der Waals surface area contributed by atoms with E-state index in [1.54, 1.807) is 0 Å². The van der Waals surface area contributed by atoms with E-state index in [0.717, 1.165) is 17.3 Å². The first-order valence-electron chi connectivity index (χ1n) is 5.73. The van der Waals surface area contributed by atoms with Gasteiger partial charge in [0.1, 0.15) is 18.0 Å². The van der Waals surface area contributed by atoms with Gasteiger partial charge in [-0.3, -0.25) is 0 Å². The summed E-state index contributed by atoms with van der Waals surface area (Å²) in [6.07, 6.45) is 1.53. The van der Waals surface area contributed by atoms with Crippen LogP contribution in [0.5, 0.6) is 0 Å². The smallest absolute Gasteiger partial charge is 0.135 e. The van der Waals surface area contributed by atoms with Gasteiger partial charge in [0.25, 0.3) is 0 Å². The van der Waals surface area contributed by atoms with E-state index in [0.29, 0.717) is 0 Å². The Morgan fingerprint density at radius 3 is 2.28 bits per heavy atom. The van der Waals surface area contributed by atoms with Gasteiger partial charge in [-0.25, -0.2) is 9.97 Å². The van der Waals surface area contributed by atoms with Crippen LogP contribution in [0.3, 0.4) is 0 Å². The summed E-state index contributed by atoms with van der Waals surface area (Å²) in [6.45, 7) is 0. The molecule has 0 atom stereocenters. The van der Waals surface area contributed by atoms with E-state index in [2.05, 4.69) is 37.6 Å². The normalized spacial score (nSPS) is 9.94. The Morgan fingerprint density at radius 2 is 1.67 bits per heavy atom. The van der Waals surface area contributed by atoms with E-state index in [-0.39, 0.29) is 0 Å². The monoisotopic (exact) mass is 243 g/mol. The standard InChI is InChI=1S/C13H17N5/c1-14-12-8-13(16-9-15-12)17-10-4-6-11(7-5-10)18(2)3/h4-9H,1-3H3,(H2,14,15,16,17). The van der Waals surface area contributed by atoms with E-state index in [1.165, 1.54) is 12.0 Å². The summed E-state index contributed by atoms with van der Waals surface area (Å²) < 4.78 is 0. The Labute approximate surface area is 107 Å². The highest BCUT2D eigenvalue weighted by Crippen LogP contribution is 2.19. The number of rotatable bonds is 4. The quantitative estimate of drug-likeness (QED) is 0.863. The van der Waals surface area contributed by atoms with Gasteiger partial charge in [0.2, 0.25) is 0 Å². The molecule has 0 saturated carbocycles. The molecular weight excluding hydrogens is 226 g/mol. The predicted molar refractivity (Wildman–Crippen MR) is 75.6 cm³/mol. The Balaban J connectivity index is 2.13. The molecule has 0 aliphatic heterocycles. The summed E-state index contributed by atoms with van der Waals surface area (Å²) in [5, 5.41) is 6.21. The molecule has 0 fully saturated rings. The molecule has 0 amide bonds. The topological polar surface area (TPSA) is 53.1 Å². The zero-order chi connectivity index (χ0) is 13.0. The van der Waals surface area contributed by atoms with E-state index < -0.39 is 0 Å². The highest BCUT2D eigenvalue weighted by atomic mass is 15.1. The van der Waals surface area contributed by atoms with Crippen molar-refractivity contribution >= 4 is 23.0 Å². The van der Waals surface area contributed by atoms with Crippen molar-refractivity contribution in [3.8, 4) is 0 Å². The molecule has 0 saturated heterocycles. The minimum absolute atomic E-state index is 0.770. The summed E-state index contributed by atoms with van der Waals surface area (Å²) in [6, 6.07) is 10.0. The third-order valence-corrected chi connectivity index (χ3v) is 2.58. The van der Waals surface area contributed by atoms with Crippen molar-refractivity contribution in [3.05, 3.63) is 36.7 Å². The molecule has 1 heterocycles. The molecule has 2 aromatic rings. The average Bonchev–Trinajstić information content (AvgIpc) is 2.39. The van der Waals surface area contributed by atoms with Crippen LogP contribution in [0, 0.1) is 0 Å². The van der Waals surface area contributed by atoms with Crippen LogP contribution < -0.4 is 15.5 Å². The molecule has 0 radical (unpaired) electrons. The molecule has 18 heavy (non-hydrogen) atoms. The molecular formula is C13H17N5. The van der Waals surface area contributed by atoms with E-state index >= 15 is 0 Å². The predicted octanol–water partition coefficient (Wildman–Crippen LogP) is 2.33. The highest BCUT2D eigenvalue weighted by Gasteiger charge is 1.99. The number of hydrogen-bond acceptors (Lipinski definition) is 5. The fourth-order valence-electron chi connectivity index (χ4n) is 1.55. The lowest BCUT2D eigenvalue weighted by Gasteiger charge is -2.13. The SMILES string of the molecule is CNc1cc(Nc2ccc(N(C)C)cc2)ncn1. The number of benzene rings is 1. The second-order valence-electron chi connectivity index (χ2n) is 4.10. The molecule has 2 rings (SSSR count). The molecule has 5 nitrogen and oxygen atoms in total. The number of nitrogens with zero attached hydrogens (tertiary/aromatic N) is 3. The fourth-order valence-corrected chi connectivity index (χ4v) is 1.55. The largest absolute Gasteiger partial charge is 0.378 e. The lowest BCUT2D eigenvalue weighted by molar-refractivity contribution is 1.13. The van der Waals surface area contributed by atoms with Gasteiger partial charge in [0.05, 0.1) is 0 Å². The Hall–Kier alpha value is -2.30. The van der Waals surface area contributed by atoms with E-state index in [9.17, 15) is 0 Å². The highest BCUT2D eigenvalue weighted by molar-refractivity contribution is 5.61. The number of aromatic nitrogens is 2. The summed E-state index contributed by atoms with van der Waals surface area (Å²) in [5.41, 5.74) is 2.17. The van der Waals surface area contributed by atoms with Gasteiger partial charge in [-0.05, 0) is 24.3 Å². The Kier molecular flexibility index (Phi) is 3.62. The van der Waals surface area contributed by atoms with Gasteiger partial charge in [-0.2, -0.15) is 0 Å². The van der Waals surface area contributed by atoms with Crippen LogP contribution in [0.2, 0.25) is 0 Å². The van der Waals surface area contributed by atoms with Gasteiger partial charge in [-0.15, -0.1) is 0 Å². The molecule has 0 bridgehead atoms. The van der Waals surface area contributed by atoms with Gasteiger partial charge >= 0.3 is 0 Å². The van der Waals surface area contributed by atoms with Crippen molar-refractivity contribution in [2.75, 3.05) is 36.7 Å². The van der Waals surface area contributed by atoms with Crippen LogP contribution in [0.1, 0.15) is 0 Å². The lowest BCUT2D eigenvalue weighted by Crippen LogP contribution is -2.08. The summed E-state index contributed by atoms with van der Waals surface area (Å²) in [7, 11) is 5.87. The van der Waals surface area contributed by atoms with Crippen molar-refractivity contribution in [1.82, 2.24) is 9.97 Å². The van der Waals surface area contributed by atoms with Crippen molar-refractivity contribution in [1.29, 1.82) is 0 Å². The number of nitrogens with one attached hydrogen (secondary N) is 2. The molecule has 1 aromatic heterocycles. The first-order chi connectivity index (χ1) is 8.69. The van der Waals surface area contributed by atoms with Crippen LogP contribution in [0.25, 0.3) is 0 Å². The maximum Gasteiger partial charge on any atom is 0.135 e. The molecule has 1 aromatic carbocycles. The molecule has 0 spiro atoms. The second kappa shape index (κ2) is 5.35. The molecule has 0 unspecified atom stereocenters. The maximum atomic E-state index is 4.17. The molecule has 2 N–H and O–H groups in total. The Bertz CT molecular complexity index is 507. The van der Waals surface area contributed by atoms with Gasteiger partial charge < -0.3 is 15.5 Å². The molecule has 5 heteroatoms. The third-order valence-electron chi connectivity index (χ3n) is 2.58. The first-order valence-corrected chi connectivity index (χ1v) is 5.73. The van der Waals surface area contributed by atoms with Crippen LogP contribution in [-0.2, 0) is 0 Å². The van der Waals surface area contributed by atoms with Crippen LogP contribution in [0.15, 0.2) is 36.7 Å². The van der Waals surface area contributed by atoms with Crippen LogP contribution in [-0.4, -0.2) is 31.1 Å². The zero-order valence-corrected chi connectivity index (χ0v) is 10.8.